The van der Waals surface area contributed by atoms with Gasteiger partial charge in [0.1, 0.15) is 11.5 Å². The minimum Gasteiger partial charge on any atom is -0.453 e. The molecule has 0 N–H and O–H groups in total. The Bertz CT molecular complexity index is 3330. The van der Waals surface area contributed by atoms with Gasteiger partial charge in [-0.15, -0.1) is 0 Å². The van der Waals surface area contributed by atoms with Gasteiger partial charge in [0.15, 0.2) is 11.5 Å². The second-order valence-corrected chi connectivity index (χ2v) is 15.4. The average molecular weight is 769 g/mol. The molecule has 1 aliphatic rings. The Morgan fingerprint density at radius 1 is 0.250 bits per heavy atom. The Hall–Kier alpha value is -8.08. The van der Waals surface area contributed by atoms with Crippen LogP contribution in [0, 0.1) is 0 Å². The minimum absolute atomic E-state index is 0.644. The third-order valence-corrected chi connectivity index (χ3v) is 11.8. The zero-order valence-electron chi connectivity index (χ0n) is 32.5. The summed E-state index contributed by atoms with van der Waals surface area (Å²) < 4.78 is 13.8. The highest BCUT2D eigenvalue weighted by molar-refractivity contribution is 6.07. The van der Waals surface area contributed by atoms with E-state index >= 15 is 0 Å². The van der Waals surface area contributed by atoms with Crippen LogP contribution in [-0.4, -0.2) is 0 Å². The van der Waals surface area contributed by atoms with Gasteiger partial charge in [0, 0.05) is 34.2 Å². The summed E-state index contributed by atoms with van der Waals surface area (Å²) in [7, 11) is 0. The van der Waals surface area contributed by atoms with Crippen molar-refractivity contribution in [3.05, 3.63) is 218 Å². The van der Waals surface area contributed by atoms with Gasteiger partial charge in [0.2, 0.25) is 0 Å². The van der Waals surface area contributed by atoms with Crippen LogP contribution in [0.3, 0.4) is 0 Å². The van der Waals surface area contributed by atoms with E-state index in [2.05, 4.69) is 216 Å². The zero-order chi connectivity index (χ0) is 39.6. The molecule has 11 aromatic rings. The number of benzene rings is 11. The summed E-state index contributed by atoms with van der Waals surface area (Å²) in [4.78, 5) is 4.65. The number of hydrogen-bond donors (Lipinski definition) is 0. The Labute approximate surface area is 347 Å². The van der Waals surface area contributed by atoms with Gasteiger partial charge in [0.05, 0.1) is 16.8 Å². The quantitative estimate of drug-likeness (QED) is 0.168. The molecule has 0 amide bonds. The number of ether oxygens (including phenoxy) is 2. The van der Waals surface area contributed by atoms with Crippen molar-refractivity contribution in [2.45, 2.75) is 0 Å². The van der Waals surface area contributed by atoms with E-state index in [1.54, 1.807) is 0 Å². The highest BCUT2D eigenvalue weighted by Crippen LogP contribution is 2.52. The van der Waals surface area contributed by atoms with Gasteiger partial charge in [-0.1, -0.05) is 133 Å². The number of anilines is 6. The van der Waals surface area contributed by atoms with Crippen molar-refractivity contribution in [2.24, 2.45) is 0 Å². The lowest BCUT2D eigenvalue weighted by Crippen LogP contribution is -2.10. The number of fused-ring (bicyclic) bond motifs is 5. The molecule has 282 valence electrons. The van der Waals surface area contributed by atoms with E-state index in [0.29, 0.717) is 11.5 Å². The molecule has 0 aromatic heterocycles. The Kier molecular flexibility index (Phi) is 7.82. The van der Waals surface area contributed by atoms with Crippen molar-refractivity contribution in [3.8, 4) is 23.0 Å². The number of hydrogen-bond acceptors (Lipinski definition) is 4. The van der Waals surface area contributed by atoms with Crippen LogP contribution in [0.1, 0.15) is 0 Å². The Morgan fingerprint density at radius 3 is 1.13 bits per heavy atom. The van der Waals surface area contributed by atoms with Crippen LogP contribution in [0.15, 0.2) is 218 Å². The van der Waals surface area contributed by atoms with Crippen molar-refractivity contribution in [1.29, 1.82) is 0 Å². The van der Waals surface area contributed by atoms with Gasteiger partial charge in [-0.25, -0.2) is 0 Å². The van der Waals surface area contributed by atoms with Gasteiger partial charge in [-0.2, -0.15) is 0 Å². The van der Waals surface area contributed by atoms with E-state index < -0.39 is 0 Å². The molecule has 0 saturated heterocycles. The molecule has 0 atom stereocenters. The second kappa shape index (κ2) is 13.8. The maximum Gasteiger partial charge on any atom is 0.172 e. The minimum atomic E-state index is 0.644. The predicted molar refractivity (Wildman–Crippen MR) is 250 cm³/mol. The fourth-order valence-corrected chi connectivity index (χ4v) is 8.87. The third-order valence-electron chi connectivity index (χ3n) is 11.8. The Balaban J connectivity index is 1.00. The molecule has 11 aromatic carbocycles. The first kappa shape index (κ1) is 34.0. The molecule has 4 heteroatoms. The largest absolute Gasteiger partial charge is 0.453 e. The molecule has 0 saturated carbocycles. The average Bonchev–Trinajstić information content (AvgIpc) is 3.46. The van der Waals surface area contributed by atoms with E-state index in [0.717, 1.165) is 56.4 Å². The predicted octanol–water partition coefficient (Wildman–Crippen LogP) is 16.3. The van der Waals surface area contributed by atoms with E-state index in [1.807, 2.05) is 12.1 Å². The molecule has 1 heterocycles. The Morgan fingerprint density at radius 2 is 0.633 bits per heavy atom. The smallest absolute Gasteiger partial charge is 0.172 e. The summed E-state index contributed by atoms with van der Waals surface area (Å²) in [5.74, 6) is 2.78. The summed E-state index contributed by atoms with van der Waals surface area (Å²) in [6.07, 6.45) is 0. The van der Waals surface area contributed by atoms with Gasteiger partial charge < -0.3 is 19.3 Å². The summed E-state index contributed by atoms with van der Waals surface area (Å²) in [6, 6.07) is 77.4. The van der Waals surface area contributed by atoms with Crippen LogP contribution in [0.2, 0.25) is 0 Å². The topological polar surface area (TPSA) is 24.9 Å². The monoisotopic (exact) mass is 768 g/mol. The van der Waals surface area contributed by atoms with E-state index in [9.17, 15) is 0 Å². The van der Waals surface area contributed by atoms with Gasteiger partial charge >= 0.3 is 0 Å². The fraction of sp³-hybridized carbons (Fsp3) is 0. The van der Waals surface area contributed by atoms with Crippen LogP contribution in [-0.2, 0) is 0 Å². The van der Waals surface area contributed by atoms with Crippen molar-refractivity contribution >= 4 is 88.0 Å². The summed E-state index contributed by atoms with van der Waals surface area (Å²) in [6.45, 7) is 0. The van der Waals surface area contributed by atoms with Crippen LogP contribution >= 0.6 is 0 Å². The second-order valence-electron chi connectivity index (χ2n) is 15.4. The fourth-order valence-electron chi connectivity index (χ4n) is 8.87. The van der Waals surface area contributed by atoms with E-state index in [4.69, 9.17) is 9.47 Å². The molecular formula is C56H36N2O2. The third kappa shape index (κ3) is 5.77. The lowest BCUT2D eigenvalue weighted by atomic mass is 10.0. The van der Waals surface area contributed by atoms with Gasteiger partial charge in [0.25, 0.3) is 0 Å². The molecule has 4 nitrogen and oxygen atoms in total. The van der Waals surface area contributed by atoms with Crippen LogP contribution in [0.4, 0.5) is 34.1 Å². The lowest BCUT2D eigenvalue weighted by Gasteiger charge is -2.28. The molecule has 0 unspecified atom stereocenters. The van der Waals surface area contributed by atoms with Crippen molar-refractivity contribution in [2.75, 3.05) is 9.80 Å². The van der Waals surface area contributed by atoms with Crippen molar-refractivity contribution in [3.63, 3.8) is 0 Å². The van der Waals surface area contributed by atoms with Gasteiger partial charge in [-0.05, 0) is 122 Å². The first-order chi connectivity index (χ1) is 29.7. The highest BCUT2D eigenvalue weighted by Gasteiger charge is 2.25. The number of nitrogens with zero attached hydrogens (tertiary/aromatic N) is 2. The van der Waals surface area contributed by atoms with Crippen molar-refractivity contribution in [1.82, 2.24) is 0 Å². The molecule has 0 aliphatic carbocycles. The van der Waals surface area contributed by atoms with E-state index in [1.165, 1.54) is 43.1 Å². The standard InChI is InChI=1S/C56H36N2O2/c1-5-14-41-32-45(24-20-37(41)10-1)57(46-25-21-38-11-2-6-15-42(38)33-46)49-28-30-52-55(36-49)60-53-19-9-18-50-51(29-31-54(59-52)56(50)53)58(47-26-22-39-12-3-7-16-43(39)34-47)48-27-23-40-13-4-8-17-44(40)35-48/h1-36H. The molecule has 12 rings (SSSR count). The van der Waals surface area contributed by atoms with E-state index in [-0.39, 0.29) is 0 Å². The van der Waals surface area contributed by atoms with Crippen LogP contribution < -0.4 is 19.3 Å². The molecular weight excluding hydrogens is 733 g/mol. The van der Waals surface area contributed by atoms with Gasteiger partial charge in [-0.3, -0.25) is 0 Å². The maximum atomic E-state index is 6.97. The van der Waals surface area contributed by atoms with Crippen LogP contribution in [0.5, 0.6) is 23.0 Å². The van der Waals surface area contributed by atoms with Crippen LogP contribution in [0.25, 0.3) is 53.9 Å². The normalized spacial score (nSPS) is 11.9. The van der Waals surface area contributed by atoms with Crippen molar-refractivity contribution < 1.29 is 9.47 Å². The number of rotatable bonds is 6. The molecule has 0 fully saturated rings. The molecule has 1 aliphatic heterocycles. The summed E-state index contributed by atoms with van der Waals surface area (Å²) >= 11 is 0. The lowest BCUT2D eigenvalue weighted by molar-refractivity contribution is 0.439. The summed E-state index contributed by atoms with van der Waals surface area (Å²) in [5, 5.41) is 11.4. The molecule has 0 bridgehead atoms. The maximum absolute atomic E-state index is 6.97. The highest BCUT2D eigenvalue weighted by atomic mass is 16.5. The zero-order valence-corrected chi connectivity index (χ0v) is 32.5. The molecule has 0 radical (unpaired) electrons. The first-order valence-electron chi connectivity index (χ1n) is 20.3. The SMILES string of the molecule is c1ccc2cc(N(c3ccc4c(c3)Oc3cccc5c(N(c6ccc7ccccc7c6)c6ccc7ccccc7c6)ccc(c35)O4)c3ccc4ccccc4c3)ccc2c1. The summed E-state index contributed by atoms with van der Waals surface area (Å²) in [5.41, 5.74) is 6.22. The first-order valence-corrected chi connectivity index (χ1v) is 20.3. The molecule has 60 heavy (non-hydrogen) atoms. The molecule has 0 spiro atoms.